The molecular weight excluding hydrogens is 328 g/mol. The highest BCUT2D eigenvalue weighted by Crippen LogP contribution is 2.41. The smallest absolute Gasteiger partial charge is 0.358 e. The molecule has 6 nitrogen and oxygen atoms in total. The van der Waals surface area contributed by atoms with Crippen molar-refractivity contribution in [3.63, 3.8) is 0 Å². The number of nitrogens with one attached hydrogen (secondary N) is 1. The number of carboxylic acids is 1. The summed E-state index contributed by atoms with van der Waals surface area (Å²) in [4.78, 5) is 15.8. The standard InChI is InChI=1S/C20H16N4O2/c25-19(26)17-18(23-24-22-17)20(16-7-4-12-21-13-16)10-8-15(9-11-20)14-5-2-1-3-6-14/h1-10,12-13H,11H2,(H,25,26)(H,22,23,24). The van der Waals surface area contributed by atoms with E-state index in [2.05, 4.69) is 26.5 Å². The third-order valence-corrected chi connectivity index (χ3v) is 4.65. The third kappa shape index (κ3) is 2.61. The lowest BCUT2D eigenvalue weighted by atomic mass is 9.71. The summed E-state index contributed by atoms with van der Waals surface area (Å²) in [6.07, 6.45) is 10.1. The van der Waals surface area contributed by atoms with Gasteiger partial charge in [0.2, 0.25) is 0 Å². The van der Waals surface area contributed by atoms with Gasteiger partial charge in [0.15, 0.2) is 5.69 Å². The summed E-state index contributed by atoms with van der Waals surface area (Å²) in [7, 11) is 0. The number of hydrogen-bond acceptors (Lipinski definition) is 4. The molecule has 3 aromatic rings. The molecule has 0 bridgehead atoms. The number of aromatic nitrogens is 4. The maximum absolute atomic E-state index is 11.6. The normalized spacial score (nSPS) is 19.2. The number of pyridine rings is 1. The average Bonchev–Trinajstić information content (AvgIpc) is 3.20. The Balaban J connectivity index is 1.83. The summed E-state index contributed by atoms with van der Waals surface area (Å²) >= 11 is 0. The summed E-state index contributed by atoms with van der Waals surface area (Å²) < 4.78 is 0. The first kappa shape index (κ1) is 16.0. The Morgan fingerprint density at radius 3 is 2.62 bits per heavy atom. The Hall–Kier alpha value is -3.54. The van der Waals surface area contributed by atoms with Crippen LogP contribution in [0.3, 0.4) is 0 Å². The van der Waals surface area contributed by atoms with Gasteiger partial charge in [0.05, 0.1) is 5.41 Å². The van der Waals surface area contributed by atoms with Gasteiger partial charge in [0.25, 0.3) is 0 Å². The zero-order chi connectivity index (χ0) is 18.0. The van der Waals surface area contributed by atoms with E-state index < -0.39 is 11.4 Å². The number of allylic oxidation sites excluding steroid dienone is 4. The molecule has 2 aromatic heterocycles. The molecule has 1 aliphatic carbocycles. The van der Waals surface area contributed by atoms with Gasteiger partial charge in [-0.3, -0.25) is 4.98 Å². The van der Waals surface area contributed by atoms with Crippen LogP contribution in [0.4, 0.5) is 0 Å². The molecule has 1 aliphatic rings. The first-order valence-electron chi connectivity index (χ1n) is 8.20. The van der Waals surface area contributed by atoms with Gasteiger partial charge in [0, 0.05) is 12.4 Å². The molecule has 2 heterocycles. The fraction of sp³-hybridized carbons (Fsp3) is 0.100. The molecule has 6 heteroatoms. The molecule has 0 fully saturated rings. The van der Waals surface area contributed by atoms with Gasteiger partial charge in [-0.25, -0.2) is 4.79 Å². The van der Waals surface area contributed by atoms with Crippen molar-refractivity contribution < 1.29 is 9.90 Å². The van der Waals surface area contributed by atoms with E-state index >= 15 is 0 Å². The maximum Gasteiger partial charge on any atom is 0.358 e. The van der Waals surface area contributed by atoms with Crippen LogP contribution in [0.1, 0.15) is 33.7 Å². The van der Waals surface area contributed by atoms with Crippen molar-refractivity contribution in [2.75, 3.05) is 0 Å². The Morgan fingerprint density at radius 1 is 1.12 bits per heavy atom. The second-order valence-electron chi connectivity index (χ2n) is 6.10. The van der Waals surface area contributed by atoms with E-state index in [1.165, 1.54) is 0 Å². The number of benzene rings is 1. The summed E-state index contributed by atoms with van der Waals surface area (Å²) in [5.41, 5.74) is 2.66. The number of nitrogens with zero attached hydrogens (tertiary/aromatic N) is 3. The molecule has 1 unspecified atom stereocenters. The molecule has 0 saturated heterocycles. The van der Waals surface area contributed by atoms with E-state index in [-0.39, 0.29) is 5.69 Å². The molecule has 1 atom stereocenters. The number of carboxylic acid groups (broad SMARTS) is 1. The minimum atomic E-state index is -1.11. The molecule has 2 N–H and O–H groups in total. The van der Waals surface area contributed by atoms with Crippen LogP contribution in [0.25, 0.3) is 5.57 Å². The summed E-state index contributed by atoms with van der Waals surface area (Å²) in [6.45, 7) is 0. The van der Waals surface area contributed by atoms with E-state index in [4.69, 9.17) is 0 Å². The van der Waals surface area contributed by atoms with Crippen LogP contribution >= 0.6 is 0 Å². The number of carbonyl (C=O) groups is 1. The Labute approximate surface area is 149 Å². The molecule has 0 amide bonds. The zero-order valence-electron chi connectivity index (χ0n) is 13.8. The van der Waals surface area contributed by atoms with Crippen molar-refractivity contribution in [3.8, 4) is 0 Å². The van der Waals surface area contributed by atoms with Gasteiger partial charge < -0.3 is 5.11 Å². The largest absolute Gasteiger partial charge is 0.476 e. The molecule has 0 radical (unpaired) electrons. The molecule has 4 rings (SSSR count). The molecule has 26 heavy (non-hydrogen) atoms. The first-order valence-corrected chi connectivity index (χ1v) is 8.20. The van der Waals surface area contributed by atoms with Crippen molar-refractivity contribution in [1.29, 1.82) is 0 Å². The SMILES string of the molecule is O=C(O)c1n[nH]nc1C1(c2cccnc2)C=CC(c2ccccc2)=CC1. The topological polar surface area (TPSA) is 91.8 Å². The summed E-state index contributed by atoms with van der Waals surface area (Å²) in [5, 5.41) is 20.0. The number of aromatic amines is 1. The molecular formula is C20H16N4O2. The monoisotopic (exact) mass is 344 g/mol. The lowest BCUT2D eigenvalue weighted by Gasteiger charge is -2.31. The summed E-state index contributed by atoms with van der Waals surface area (Å²) in [6, 6.07) is 13.8. The minimum Gasteiger partial charge on any atom is -0.476 e. The molecule has 0 saturated carbocycles. The van der Waals surface area contributed by atoms with Crippen LogP contribution in [0.2, 0.25) is 0 Å². The van der Waals surface area contributed by atoms with Crippen molar-refractivity contribution in [3.05, 3.63) is 95.6 Å². The Bertz CT molecular complexity index is 993. The molecule has 128 valence electrons. The maximum atomic E-state index is 11.6. The highest BCUT2D eigenvalue weighted by atomic mass is 16.4. The first-order chi connectivity index (χ1) is 12.7. The van der Waals surface area contributed by atoms with Crippen molar-refractivity contribution in [2.24, 2.45) is 0 Å². The molecule has 1 aromatic carbocycles. The van der Waals surface area contributed by atoms with E-state index in [0.717, 1.165) is 16.7 Å². The number of rotatable bonds is 4. The van der Waals surface area contributed by atoms with Crippen molar-refractivity contribution in [1.82, 2.24) is 20.4 Å². The Morgan fingerprint density at radius 2 is 1.96 bits per heavy atom. The van der Waals surface area contributed by atoms with Gasteiger partial charge in [-0.15, -0.1) is 5.10 Å². The highest BCUT2D eigenvalue weighted by Gasteiger charge is 2.39. The fourth-order valence-corrected chi connectivity index (χ4v) is 3.33. The number of hydrogen-bond donors (Lipinski definition) is 2. The van der Waals surface area contributed by atoms with Crippen LogP contribution in [-0.4, -0.2) is 31.5 Å². The molecule has 0 aliphatic heterocycles. The van der Waals surface area contributed by atoms with Crippen LogP contribution in [0.5, 0.6) is 0 Å². The minimum absolute atomic E-state index is 0.0740. The van der Waals surface area contributed by atoms with E-state index in [1.807, 2.05) is 54.6 Å². The van der Waals surface area contributed by atoms with Gasteiger partial charge in [-0.05, 0) is 29.2 Å². The van der Waals surface area contributed by atoms with Crippen LogP contribution in [-0.2, 0) is 5.41 Å². The predicted molar refractivity (Wildman–Crippen MR) is 96.5 cm³/mol. The highest BCUT2D eigenvalue weighted by molar-refractivity contribution is 5.87. The quantitative estimate of drug-likeness (QED) is 0.758. The van der Waals surface area contributed by atoms with Gasteiger partial charge in [-0.1, -0.05) is 54.6 Å². The number of aromatic carboxylic acids is 1. The van der Waals surface area contributed by atoms with Crippen molar-refractivity contribution >= 4 is 11.5 Å². The van der Waals surface area contributed by atoms with Gasteiger partial charge in [-0.2, -0.15) is 10.3 Å². The van der Waals surface area contributed by atoms with E-state index in [0.29, 0.717) is 12.1 Å². The average molecular weight is 344 g/mol. The van der Waals surface area contributed by atoms with Crippen LogP contribution in [0, 0.1) is 0 Å². The Kier molecular flexibility index (Phi) is 3.93. The predicted octanol–water partition coefficient (Wildman–Crippen LogP) is 3.23. The second-order valence-corrected chi connectivity index (χ2v) is 6.10. The summed E-state index contributed by atoms with van der Waals surface area (Å²) in [5.74, 6) is -1.11. The fourth-order valence-electron chi connectivity index (χ4n) is 3.33. The van der Waals surface area contributed by atoms with E-state index in [9.17, 15) is 9.90 Å². The zero-order valence-corrected chi connectivity index (χ0v) is 13.8. The van der Waals surface area contributed by atoms with E-state index in [1.54, 1.807) is 12.4 Å². The van der Waals surface area contributed by atoms with Crippen molar-refractivity contribution in [2.45, 2.75) is 11.8 Å². The number of H-pyrrole nitrogens is 1. The van der Waals surface area contributed by atoms with Crippen LogP contribution in [0.15, 0.2) is 73.1 Å². The lowest BCUT2D eigenvalue weighted by molar-refractivity contribution is 0.0688. The third-order valence-electron chi connectivity index (χ3n) is 4.65. The van der Waals surface area contributed by atoms with Crippen LogP contribution < -0.4 is 0 Å². The molecule has 0 spiro atoms. The lowest BCUT2D eigenvalue weighted by Crippen LogP contribution is -2.29. The van der Waals surface area contributed by atoms with Gasteiger partial charge in [0.1, 0.15) is 5.69 Å². The second kappa shape index (κ2) is 6.40. The van der Waals surface area contributed by atoms with Gasteiger partial charge >= 0.3 is 5.97 Å².